The van der Waals surface area contributed by atoms with Gasteiger partial charge in [-0.15, -0.1) is 0 Å². The molecular formula is C12H14O4S. The minimum atomic E-state index is -0.869. The summed E-state index contributed by atoms with van der Waals surface area (Å²) in [5.41, 5.74) is 0.661. The molecule has 0 spiro atoms. The summed E-state index contributed by atoms with van der Waals surface area (Å²) in [7, 11) is 1.56. The van der Waals surface area contributed by atoms with Crippen LogP contribution in [-0.4, -0.2) is 35.8 Å². The Labute approximate surface area is 104 Å². The van der Waals surface area contributed by atoms with E-state index in [2.05, 4.69) is 0 Å². The van der Waals surface area contributed by atoms with E-state index in [9.17, 15) is 4.79 Å². The van der Waals surface area contributed by atoms with Gasteiger partial charge >= 0.3 is 5.97 Å². The molecule has 2 rings (SSSR count). The minimum absolute atomic E-state index is 0.0492. The fraction of sp³-hybridized carbons (Fsp3) is 0.417. The molecule has 1 aromatic rings. The molecule has 0 unspecified atom stereocenters. The highest BCUT2D eigenvalue weighted by Gasteiger charge is 2.23. The first-order chi connectivity index (χ1) is 8.20. The molecule has 0 saturated carbocycles. The van der Waals surface area contributed by atoms with E-state index in [-0.39, 0.29) is 12.5 Å². The molecule has 92 valence electrons. The van der Waals surface area contributed by atoms with Crippen LogP contribution in [0.4, 0.5) is 0 Å². The van der Waals surface area contributed by atoms with Gasteiger partial charge in [-0.25, -0.2) is 0 Å². The lowest BCUT2D eigenvalue weighted by atomic mass is 10.1. The highest BCUT2D eigenvalue weighted by molar-refractivity contribution is 8.00. The van der Waals surface area contributed by atoms with Crippen LogP contribution in [0.1, 0.15) is 5.56 Å². The molecule has 1 saturated heterocycles. The molecule has 5 heteroatoms. The average molecular weight is 254 g/mol. The van der Waals surface area contributed by atoms with E-state index in [4.69, 9.17) is 14.6 Å². The molecule has 1 aliphatic heterocycles. The number of carbonyl (C=O) groups is 1. The zero-order chi connectivity index (χ0) is 12.3. The summed E-state index contributed by atoms with van der Waals surface area (Å²) >= 11 is 1.82. The lowest BCUT2D eigenvalue weighted by molar-refractivity contribution is -0.136. The number of benzene rings is 1. The minimum Gasteiger partial charge on any atom is -0.493 e. The third kappa shape index (κ3) is 2.85. The molecule has 0 aliphatic carbocycles. The number of hydrogen-bond acceptors (Lipinski definition) is 4. The van der Waals surface area contributed by atoms with Gasteiger partial charge in [-0.3, -0.25) is 4.79 Å². The largest absolute Gasteiger partial charge is 0.493 e. The predicted octanol–water partition coefficient (Wildman–Crippen LogP) is 1.82. The summed E-state index contributed by atoms with van der Waals surface area (Å²) in [4.78, 5) is 10.8. The van der Waals surface area contributed by atoms with Gasteiger partial charge in [0.15, 0.2) is 11.5 Å². The summed E-state index contributed by atoms with van der Waals surface area (Å²) < 4.78 is 11.0. The van der Waals surface area contributed by atoms with E-state index in [1.54, 1.807) is 25.3 Å². The van der Waals surface area contributed by atoms with Crippen molar-refractivity contribution in [2.45, 2.75) is 12.5 Å². The second kappa shape index (κ2) is 5.31. The van der Waals surface area contributed by atoms with Crippen LogP contribution in [0.3, 0.4) is 0 Å². The van der Waals surface area contributed by atoms with E-state index < -0.39 is 5.97 Å². The standard InChI is InChI=1S/C12H14O4S/c1-15-10-4-2-3-8(5-11(13)14)12(10)16-9-6-17-7-9/h2-4,9H,5-7H2,1H3,(H,13,14). The smallest absolute Gasteiger partial charge is 0.307 e. The van der Waals surface area contributed by atoms with Crippen molar-refractivity contribution >= 4 is 17.7 Å². The van der Waals surface area contributed by atoms with Gasteiger partial charge in [0.25, 0.3) is 0 Å². The topological polar surface area (TPSA) is 55.8 Å². The van der Waals surface area contributed by atoms with Gasteiger partial charge in [0.2, 0.25) is 0 Å². The molecule has 17 heavy (non-hydrogen) atoms. The van der Waals surface area contributed by atoms with Crippen molar-refractivity contribution in [3.05, 3.63) is 23.8 Å². The third-order valence-corrected chi connectivity index (χ3v) is 3.73. The van der Waals surface area contributed by atoms with Crippen molar-refractivity contribution in [1.29, 1.82) is 0 Å². The fourth-order valence-corrected chi connectivity index (χ4v) is 2.17. The number of thioether (sulfide) groups is 1. The Balaban J connectivity index is 2.25. The molecule has 4 nitrogen and oxygen atoms in total. The molecule has 0 aromatic heterocycles. The zero-order valence-electron chi connectivity index (χ0n) is 9.51. The Morgan fingerprint density at radius 1 is 1.53 bits per heavy atom. The molecule has 0 amide bonds. The Morgan fingerprint density at radius 2 is 2.29 bits per heavy atom. The summed E-state index contributed by atoms with van der Waals surface area (Å²) in [5.74, 6) is 2.20. The maximum atomic E-state index is 10.8. The van der Waals surface area contributed by atoms with Crippen molar-refractivity contribution in [3.8, 4) is 11.5 Å². The van der Waals surface area contributed by atoms with Crippen molar-refractivity contribution in [2.75, 3.05) is 18.6 Å². The fourth-order valence-electron chi connectivity index (χ4n) is 1.61. The summed E-state index contributed by atoms with van der Waals surface area (Å²) in [6, 6.07) is 5.32. The van der Waals surface area contributed by atoms with Crippen LogP contribution in [0.25, 0.3) is 0 Å². The number of rotatable bonds is 5. The lowest BCUT2D eigenvalue weighted by Gasteiger charge is -2.27. The maximum absolute atomic E-state index is 10.8. The van der Waals surface area contributed by atoms with E-state index in [0.29, 0.717) is 17.1 Å². The molecule has 1 heterocycles. The van der Waals surface area contributed by atoms with Crippen molar-refractivity contribution in [2.24, 2.45) is 0 Å². The first kappa shape index (κ1) is 12.1. The molecule has 1 aliphatic rings. The third-order valence-electron chi connectivity index (χ3n) is 2.51. The highest BCUT2D eigenvalue weighted by atomic mass is 32.2. The van der Waals surface area contributed by atoms with Crippen LogP contribution in [0.2, 0.25) is 0 Å². The molecule has 1 aromatic carbocycles. The number of aliphatic carboxylic acids is 1. The number of carboxylic acid groups (broad SMARTS) is 1. The Morgan fingerprint density at radius 3 is 2.82 bits per heavy atom. The number of carboxylic acids is 1. The number of methoxy groups -OCH3 is 1. The first-order valence-corrected chi connectivity index (χ1v) is 6.48. The van der Waals surface area contributed by atoms with Crippen LogP contribution < -0.4 is 9.47 Å². The Hall–Kier alpha value is -1.36. The van der Waals surface area contributed by atoms with Crippen LogP contribution in [0, 0.1) is 0 Å². The van der Waals surface area contributed by atoms with Gasteiger partial charge in [-0.05, 0) is 6.07 Å². The Bertz CT molecular complexity index is 415. The van der Waals surface area contributed by atoms with E-state index in [0.717, 1.165) is 11.5 Å². The first-order valence-electron chi connectivity index (χ1n) is 5.32. The van der Waals surface area contributed by atoms with Gasteiger partial charge < -0.3 is 14.6 Å². The van der Waals surface area contributed by atoms with Crippen LogP contribution in [0.5, 0.6) is 11.5 Å². The maximum Gasteiger partial charge on any atom is 0.307 e. The van der Waals surface area contributed by atoms with Crippen molar-refractivity contribution in [1.82, 2.24) is 0 Å². The molecule has 1 fully saturated rings. The van der Waals surface area contributed by atoms with Crippen molar-refractivity contribution in [3.63, 3.8) is 0 Å². The second-order valence-corrected chi connectivity index (χ2v) is 4.87. The van der Waals surface area contributed by atoms with E-state index >= 15 is 0 Å². The van der Waals surface area contributed by atoms with Crippen LogP contribution >= 0.6 is 11.8 Å². The molecule has 0 radical (unpaired) electrons. The quantitative estimate of drug-likeness (QED) is 0.868. The predicted molar refractivity (Wildman–Crippen MR) is 66.1 cm³/mol. The molecule has 0 atom stereocenters. The average Bonchev–Trinajstić information content (AvgIpc) is 2.23. The van der Waals surface area contributed by atoms with Crippen LogP contribution in [-0.2, 0) is 11.2 Å². The van der Waals surface area contributed by atoms with Gasteiger partial charge in [0, 0.05) is 17.1 Å². The monoisotopic (exact) mass is 254 g/mol. The zero-order valence-corrected chi connectivity index (χ0v) is 10.3. The van der Waals surface area contributed by atoms with Gasteiger partial charge in [0.05, 0.1) is 13.5 Å². The Kier molecular flexibility index (Phi) is 3.78. The highest BCUT2D eigenvalue weighted by Crippen LogP contribution is 2.34. The number of hydrogen-bond donors (Lipinski definition) is 1. The van der Waals surface area contributed by atoms with Gasteiger partial charge in [-0.1, -0.05) is 12.1 Å². The molecule has 0 bridgehead atoms. The molecular weight excluding hydrogens is 240 g/mol. The normalized spacial score (nSPS) is 15.1. The van der Waals surface area contributed by atoms with Gasteiger partial charge in [0.1, 0.15) is 6.10 Å². The van der Waals surface area contributed by atoms with Crippen molar-refractivity contribution < 1.29 is 19.4 Å². The second-order valence-electron chi connectivity index (χ2n) is 3.80. The SMILES string of the molecule is COc1cccc(CC(=O)O)c1OC1CSC1. The summed E-state index contributed by atoms with van der Waals surface area (Å²) in [6.07, 6.45) is 0.121. The summed E-state index contributed by atoms with van der Waals surface area (Å²) in [6.45, 7) is 0. The number of para-hydroxylation sites is 1. The van der Waals surface area contributed by atoms with E-state index in [1.165, 1.54) is 0 Å². The van der Waals surface area contributed by atoms with E-state index in [1.807, 2.05) is 11.8 Å². The molecule has 1 N–H and O–H groups in total. The van der Waals surface area contributed by atoms with Crippen LogP contribution in [0.15, 0.2) is 18.2 Å². The van der Waals surface area contributed by atoms with Gasteiger partial charge in [-0.2, -0.15) is 11.8 Å². The number of ether oxygens (including phenoxy) is 2. The summed E-state index contributed by atoms with van der Waals surface area (Å²) in [5, 5.41) is 8.86. The lowest BCUT2D eigenvalue weighted by Crippen LogP contribution is -2.31.